The molecule has 0 unspecified atom stereocenters. The molecule has 1 aromatic carbocycles. The number of halogens is 2. The molecule has 0 amide bonds. The number of benzene rings is 1. The molecule has 0 atom stereocenters. The SMILES string of the molecule is CCCN(CCC)c1c2c(nc3c(-c4cc(Cl)ccc4Cl)c(C)nn13)CCC2. The first kappa shape index (κ1) is 19.5. The Balaban J connectivity index is 2.02. The maximum atomic E-state index is 6.55. The summed E-state index contributed by atoms with van der Waals surface area (Å²) in [6, 6.07) is 5.57. The van der Waals surface area contributed by atoms with Gasteiger partial charge in [-0.05, 0) is 57.2 Å². The molecule has 4 rings (SSSR count). The Morgan fingerprint density at radius 1 is 1.11 bits per heavy atom. The average Bonchev–Trinajstić information content (AvgIpc) is 3.25. The third-order valence-electron chi connectivity index (χ3n) is 5.42. The van der Waals surface area contributed by atoms with E-state index in [-0.39, 0.29) is 0 Å². The van der Waals surface area contributed by atoms with Crippen molar-refractivity contribution in [2.24, 2.45) is 0 Å². The molecule has 1 aliphatic carbocycles. The van der Waals surface area contributed by atoms with Gasteiger partial charge in [-0.15, -0.1) is 0 Å². The molecule has 0 N–H and O–H groups in total. The molecule has 4 nitrogen and oxygen atoms in total. The van der Waals surface area contributed by atoms with Gasteiger partial charge in [0.15, 0.2) is 5.65 Å². The number of fused-ring (bicyclic) bond motifs is 2. The van der Waals surface area contributed by atoms with Crippen molar-refractivity contribution in [1.29, 1.82) is 0 Å². The zero-order valence-corrected chi connectivity index (χ0v) is 18.2. The van der Waals surface area contributed by atoms with E-state index in [1.807, 2.05) is 25.1 Å². The minimum absolute atomic E-state index is 0.665. The highest BCUT2D eigenvalue weighted by Crippen LogP contribution is 2.39. The van der Waals surface area contributed by atoms with Crippen LogP contribution in [0.2, 0.25) is 10.0 Å². The minimum Gasteiger partial charge on any atom is -0.356 e. The van der Waals surface area contributed by atoms with Crippen LogP contribution in [-0.4, -0.2) is 27.7 Å². The maximum Gasteiger partial charge on any atom is 0.165 e. The maximum absolute atomic E-state index is 6.55. The van der Waals surface area contributed by atoms with Crippen molar-refractivity contribution >= 4 is 34.7 Å². The molecule has 0 radical (unpaired) electrons. The molecular weight excluding hydrogens is 391 g/mol. The van der Waals surface area contributed by atoms with E-state index in [2.05, 4.69) is 23.3 Å². The summed E-state index contributed by atoms with van der Waals surface area (Å²) >= 11 is 12.8. The second-order valence-corrected chi connectivity index (χ2v) is 8.36. The van der Waals surface area contributed by atoms with Crippen molar-refractivity contribution < 1.29 is 0 Å². The van der Waals surface area contributed by atoms with Gasteiger partial charge in [0.1, 0.15) is 5.82 Å². The fourth-order valence-electron chi connectivity index (χ4n) is 4.31. The summed E-state index contributed by atoms with van der Waals surface area (Å²) in [5.41, 5.74) is 6.26. The fourth-order valence-corrected chi connectivity index (χ4v) is 4.69. The van der Waals surface area contributed by atoms with Crippen LogP contribution in [0.25, 0.3) is 16.8 Å². The molecule has 0 saturated carbocycles. The molecule has 0 bridgehead atoms. The second kappa shape index (κ2) is 7.92. The molecule has 1 aliphatic rings. The number of aromatic nitrogens is 3. The lowest BCUT2D eigenvalue weighted by molar-refractivity contribution is 0.708. The molecule has 6 heteroatoms. The van der Waals surface area contributed by atoms with Crippen molar-refractivity contribution in [3.8, 4) is 11.1 Å². The topological polar surface area (TPSA) is 33.4 Å². The molecule has 0 aliphatic heterocycles. The first-order valence-corrected chi connectivity index (χ1v) is 10.9. The van der Waals surface area contributed by atoms with Gasteiger partial charge in [-0.3, -0.25) is 0 Å². The first-order valence-electron chi connectivity index (χ1n) is 10.2. The number of hydrogen-bond donors (Lipinski definition) is 0. The van der Waals surface area contributed by atoms with E-state index in [0.717, 1.165) is 67.7 Å². The molecule has 0 saturated heterocycles. The summed E-state index contributed by atoms with van der Waals surface area (Å²) in [5, 5.41) is 6.27. The highest BCUT2D eigenvalue weighted by molar-refractivity contribution is 6.35. The van der Waals surface area contributed by atoms with Gasteiger partial charge >= 0.3 is 0 Å². The first-order chi connectivity index (χ1) is 13.5. The Morgan fingerprint density at radius 3 is 2.57 bits per heavy atom. The molecule has 3 aromatic rings. The lowest BCUT2D eigenvalue weighted by Gasteiger charge is -2.26. The van der Waals surface area contributed by atoms with Crippen LogP contribution in [-0.2, 0) is 12.8 Å². The smallest absolute Gasteiger partial charge is 0.165 e. The van der Waals surface area contributed by atoms with E-state index >= 15 is 0 Å². The van der Waals surface area contributed by atoms with E-state index in [9.17, 15) is 0 Å². The third-order valence-corrected chi connectivity index (χ3v) is 5.99. The highest BCUT2D eigenvalue weighted by atomic mass is 35.5. The normalized spacial score (nSPS) is 13.3. The molecular formula is C22H26Cl2N4. The van der Waals surface area contributed by atoms with Gasteiger partial charge in [-0.1, -0.05) is 37.0 Å². The van der Waals surface area contributed by atoms with Crippen LogP contribution < -0.4 is 4.90 Å². The number of anilines is 1. The summed E-state index contributed by atoms with van der Waals surface area (Å²) in [6.07, 6.45) is 5.46. The van der Waals surface area contributed by atoms with Crippen LogP contribution in [0.4, 0.5) is 5.82 Å². The van der Waals surface area contributed by atoms with E-state index in [0.29, 0.717) is 10.0 Å². The second-order valence-electron chi connectivity index (χ2n) is 7.52. The summed E-state index contributed by atoms with van der Waals surface area (Å²) in [4.78, 5) is 7.54. The van der Waals surface area contributed by atoms with Gasteiger partial charge < -0.3 is 4.90 Å². The Morgan fingerprint density at radius 2 is 1.86 bits per heavy atom. The Kier molecular flexibility index (Phi) is 5.52. The van der Waals surface area contributed by atoms with Crippen LogP contribution >= 0.6 is 23.2 Å². The number of rotatable bonds is 6. The van der Waals surface area contributed by atoms with Gasteiger partial charge in [0.2, 0.25) is 0 Å². The summed E-state index contributed by atoms with van der Waals surface area (Å²) in [6.45, 7) is 8.52. The van der Waals surface area contributed by atoms with Crippen LogP contribution in [0.3, 0.4) is 0 Å². The van der Waals surface area contributed by atoms with Gasteiger partial charge in [-0.2, -0.15) is 9.61 Å². The van der Waals surface area contributed by atoms with Crippen LogP contribution in [0.1, 0.15) is 50.1 Å². The molecule has 0 fully saturated rings. The van der Waals surface area contributed by atoms with Crippen molar-refractivity contribution in [1.82, 2.24) is 14.6 Å². The molecule has 28 heavy (non-hydrogen) atoms. The lowest BCUT2D eigenvalue weighted by atomic mass is 10.1. The van der Waals surface area contributed by atoms with E-state index in [1.54, 1.807) is 0 Å². The van der Waals surface area contributed by atoms with Gasteiger partial charge in [-0.25, -0.2) is 4.98 Å². The third kappa shape index (κ3) is 3.27. The molecule has 2 aromatic heterocycles. The Hall–Kier alpha value is -1.78. The predicted octanol–water partition coefficient (Wildman–Crippen LogP) is 6.13. The predicted molar refractivity (Wildman–Crippen MR) is 118 cm³/mol. The van der Waals surface area contributed by atoms with Crippen LogP contribution in [0.5, 0.6) is 0 Å². The largest absolute Gasteiger partial charge is 0.356 e. The fraction of sp³-hybridized carbons (Fsp3) is 0.455. The molecule has 2 heterocycles. The summed E-state index contributed by atoms with van der Waals surface area (Å²) in [5.74, 6) is 1.22. The van der Waals surface area contributed by atoms with E-state index < -0.39 is 0 Å². The average molecular weight is 417 g/mol. The number of aryl methyl sites for hydroxylation is 2. The minimum atomic E-state index is 0.665. The van der Waals surface area contributed by atoms with E-state index in [4.69, 9.17) is 33.3 Å². The molecule has 148 valence electrons. The van der Waals surface area contributed by atoms with Gasteiger partial charge in [0.05, 0.1) is 11.3 Å². The van der Waals surface area contributed by atoms with Crippen molar-refractivity contribution in [3.63, 3.8) is 0 Å². The van der Waals surface area contributed by atoms with Gasteiger partial charge in [0, 0.05) is 40.0 Å². The van der Waals surface area contributed by atoms with Crippen molar-refractivity contribution in [3.05, 3.63) is 45.2 Å². The van der Waals surface area contributed by atoms with Crippen molar-refractivity contribution in [2.45, 2.75) is 52.9 Å². The standard InChI is InChI=1S/C22H26Cl2N4/c1-4-11-27(12-5-2)22-16-7-6-8-19(16)25-21-20(14(3)26-28(21)22)17-13-15(23)9-10-18(17)24/h9-10,13H,4-8,11-12H2,1-3H3. The van der Waals surface area contributed by atoms with Crippen LogP contribution in [0.15, 0.2) is 18.2 Å². The quantitative estimate of drug-likeness (QED) is 0.484. The Labute approximate surface area is 176 Å². The number of nitrogens with zero attached hydrogens (tertiary/aromatic N) is 4. The summed E-state index contributed by atoms with van der Waals surface area (Å²) < 4.78 is 2.05. The Bertz CT molecular complexity index is 1020. The zero-order valence-electron chi connectivity index (χ0n) is 16.7. The summed E-state index contributed by atoms with van der Waals surface area (Å²) in [7, 11) is 0. The zero-order chi connectivity index (χ0) is 19.8. The van der Waals surface area contributed by atoms with Gasteiger partial charge in [0.25, 0.3) is 0 Å². The highest BCUT2D eigenvalue weighted by Gasteiger charge is 2.27. The van der Waals surface area contributed by atoms with E-state index in [1.165, 1.54) is 17.1 Å². The van der Waals surface area contributed by atoms with Crippen LogP contribution in [0, 0.1) is 6.92 Å². The van der Waals surface area contributed by atoms with Crippen molar-refractivity contribution in [2.75, 3.05) is 18.0 Å². The monoisotopic (exact) mass is 416 g/mol. The number of hydrogen-bond acceptors (Lipinski definition) is 3. The molecule has 0 spiro atoms. The lowest BCUT2D eigenvalue weighted by Crippen LogP contribution is -2.29.